The Morgan fingerprint density at radius 3 is 2.61 bits per heavy atom. The van der Waals surface area contributed by atoms with Crippen molar-refractivity contribution in [3.8, 4) is 16.9 Å². The molecule has 1 atom stereocenters. The van der Waals surface area contributed by atoms with Crippen LogP contribution in [0.4, 0.5) is 10.2 Å². The molecule has 0 saturated carbocycles. The fourth-order valence-corrected chi connectivity index (χ4v) is 6.48. The number of carbonyl (C=O) groups excluding carboxylic acids is 1. The molecule has 9 nitrogen and oxygen atoms in total. The highest BCUT2D eigenvalue weighted by atomic mass is 35.5. The van der Waals surface area contributed by atoms with Gasteiger partial charge in [-0.25, -0.2) is 23.7 Å². The number of rotatable bonds is 5. The molecule has 1 aliphatic rings. The lowest BCUT2D eigenvalue weighted by molar-refractivity contribution is -0.126. The highest BCUT2D eigenvalue weighted by molar-refractivity contribution is 6.33. The molecule has 5 aromatic rings. The lowest BCUT2D eigenvalue weighted by atomic mass is 9.95. The highest BCUT2D eigenvalue weighted by Crippen LogP contribution is 2.38. The molecule has 3 aromatic heterocycles. The minimum Gasteiger partial charge on any atom is -0.350 e. The number of carbonyl (C=O) groups is 1. The average molecular weight is 614 g/mol. The molecule has 0 spiro atoms. The van der Waals surface area contributed by atoms with Crippen LogP contribution in [0.1, 0.15) is 37.8 Å². The van der Waals surface area contributed by atoms with Crippen LogP contribution in [0, 0.1) is 12.7 Å². The van der Waals surface area contributed by atoms with Crippen LogP contribution in [-0.2, 0) is 11.8 Å². The predicted molar refractivity (Wildman–Crippen MR) is 172 cm³/mol. The number of hydrogen-bond acceptors (Lipinski definition) is 6. The number of piperazine rings is 1. The minimum atomic E-state index is -0.529. The van der Waals surface area contributed by atoms with E-state index in [4.69, 9.17) is 16.6 Å². The summed E-state index contributed by atoms with van der Waals surface area (Å²) in [7, 11) is 1.93. The van der Waals surface area contributed by atoms with Gasteiger partial charge in [0.05, 0.1) is 39.2 Å². The molecule has 0 bridgehead atoms. The molecule has 2 aromatic carbocycles. The fourth-order valence-electron chi connectivity index (χ4n) is 6.23. The van der Waals surface area contributed by atoms with E-state index in [1.54, 1.807) is 35.5 Å². The molecule has 0 radical (unpaired) electrons. The maximum absolute atomic E-state index is 15.1. The number of amides is 1. The van der Waals surface area contributed by atoms with Gasteiger partial charge in [-0.05, 0) is 55.7 Å². The molecule has 1 amide bonds. The monoisotopic (exact) mass is 613 g/mol. The highest BCUT2D eigenvalue weighted by Gasteiger charge is 2.31. The number of benzene rings is 2. The quantitative estimate of drug-likeness (QED) is 0.234. The number of imidazole rings is 1. The molecule has 44 heavy (non-hydrogen) atoms. The van der Waals surface area contributed by atoms with Crippen LogP contribution in [-0.4, -0.2) is 60.6 Å². The maximum Gasteiger partial charge on any atom is 0.355 e. The third-order valence-corrected chi connectivity index (χ3v) is 8.62. The Labute approximate surface area is 259 Å². The number of aryl methyl sites for hydroxylation is 2. The van der Waals surface area contributed by atoms with Crippen LogP contribution in [0.2, 0.25) is 5.02 Å². The zero-order valence-electron chi connectivity index (χ0n) is 25.3. The first-order valence-corrected chi connectivity index (χ1v) is 14.9. The topological polar surface area (TPSA) is 89.2 Å². The van der Waals surface area contributed by atoms with Crippen molar-refractivity contribution >= 4 is 45.4 Å². The van der Waals surface area contributed by atoms with E-state index in [9.17, 15) is 9.59 Å². The Balaban J connectivity index is 1.68. The first-order chi connectivity index (χ1) is 21.0. The van der Waals surface area contributed by atoms with Gasteiger partial charge in [0.15, 0.2) is 5.65 Å². The first-order valence-electron chi connectivity index (χ1n) is 14.5. The third-order valence-electron chi connectivity index (χ3n) is 8.34. The van der Waals surface area contributed by atoms with Crippen molar-refractivity contribution in [3.05, 3.63) is 87.8 Å². The van der Waals surface area contributed by atoms with E-state index in [1.165, 1.54) is 16.7 Å². The molecule has 1 saturated heterocycles. The van der Waals surface area contributed by atoms with Crippen molar-refractivity contribution < 1.29 is 9.18 Å². The fraction of sp³-hybridized carbons (Fsp3) is 0.303. The molecule has 1 fully saturated rings. The largest absolute Gasteiger partial charge is 0.355 e. The van der Waals surface area contributed by atoms with E-state index in [0.29, 0.717) is 42.2 Å². The van der Waals surface area contributed by atoms with Gasteiger partial charge in [0.1, 0.15) is 11.6 Å². The minimum absolute atomic E-state index is 0.00207. The summed E-state index contributed by atoms with van der Waals surface area (Å²) >= 11 is 6.83. The number of pyridine rings is 1. The van der Waals surface area contributed by atoms with Crippen LogP contribution >= 0.6 is 11.6 Å². The first kappa shape index (κ1) is 29.5. The Morgan fingerprint density at radius 2 is 1.93 bits per heavy atom. The number of aromatic nitrogens is 5. The molecule has 0 aliphatic carbocycles. The van der Waals surface area contributed by atoms with E-state index in [0.717, 1.165) is 22.2 Å². The van der Waals surface area contributed by atoms with Crippen molar-refractivity contribution in [2.24, 2.45) is 7.05 Å². The standard InChI is InChI=1S/C33H33ClFN7O2/c1-7-26(43)40-12-13-41(20(5)16-40)31-22-15-23(34)28(21-10-8-9-11-24(21)35)37-32(22)42(33(44)38-31)30-19(4)14-25-29(27(30)18(2)3)36-17-39(25)6/h7-11,14-15,17-18,20H,1,12-13,16H2,2-6H3/t20-/m0/s1. The normalized spacial score (nSPS) is 15.5. The van der Waals surface area contributed by atoms with Crippen molar-refractivity contribution in [3.63, 3.8) is 0 Å². The smallest absolute Gasteiger partial charge is 0.350 e. The summed E-state index contributed by atoms with van der Waals surface area (Å²) in [6.07, 6.45) is 3.06. The molecule has 226 valence electrons. The summed E-state index contributed by atoms with van der Waals surface area (Å²) in [4.78, 5) is 44.6. The summed E-state index contributed by atoms with van der Waals surface area (Å²) < 4.78 is 18.5. The summed E-state index contributed by atoms with van der Waals surface area (Å²) in [5.74, 6) is -0.213. The second kappa shape index (κ2) is 11.2. The van der Waals surface area contributed by atoms with E-state index in [2.05, 4.69) is 30.4 Å². The molecule has 1 aliphatic heterocycles. The number of halogens is 2. The lowest BCUT2D eigenvalue weighted by Crippen LogP contribution is -2.54. The molecular formula is C33H33ClFN7O2. The van der Waals surface area contributed by atoms with E-state index < -0.39 is 11.5 Å². The summed E-state index contributed by atoms with van der Waals surface area (Å²) in [5.41, 5.74) is 4.32. The van der Waals surface area contributed by atoms with Gasteiger partial charge in [-0.3, -0.25) is 4.79 Å². The zero-order valence-corrected chi connectivity index (χ0v) is 26.1. The number of anilines is 1. The molecular weight excluding hydrogens is 581 g/mol. The van der Waals surface area contributed by atoms with Gasteiger partial charge < -0.3 is 14.4 Å². The molecule has 11 heteroatoms. The van der Waals surface area contributed by atoms with Crippen molar-refractivity contribution in [2.45, 2.75) is 39.7 Å². The van der Waals surface area contributed by atoms with Gasteiger partial charge in [0, 0.05) is 43.9 Å². The summed E-state index contributed by atoms with van der Waals surface area (Å²) in [6.45, 7) is 12.9. The van der Waals surface area contributed by atoms with Gasteiger partial charge in [0.2, 0.25) is 5.91 Å². The molecule has 4 heterocycles. The van der Waals surface area contributed by atoms with Crippen molar-refractivity contribution in [1.82, 2.24) is 29.0 Å². The van der Waals surface area contributed by atoms with Gasteiger partial charge >= 0.3 is 5.69 Å². The Bertz CT molecular complexity index is 2030. The van der Waals surface area contributed by atoms with Crippen LogP contribution in [0.3, 0.4) is 0 Å². The second-order valence-electron chi connectivity index (χ2n) is 11.6. The molecule has 0 N–H and O–H groups in total. The van der Waals surface area contributed by atoms with Gasteiger partial charge in [-0.2, -0.15) is 4.98 Å². The predicted octanol–water partition coefficient (Wildman–Crippen LogP) is 5.78. The summed E-state index contributed by atoms with van der Waals surface area (Å²) in [5, 5.41) is 0.769. The van der Waals surface area contributed by atoms with Crippen LogP contribution < -0.4 is 10.6 Å². The zero-order chi connectivity index (χ0) is 31.4. The van der Waals surface area contributed by atoms with Crippen LogP contribution in [0.15, 0.2) is 60.2 Å². The third kappa shape index (κ3) is 4.73. The second-order valence-corrected chi connectivity index (χ2v) is 12.0. The van der Waals surface area contributed by atoms with E-state index >= 15 is 4.39 Å². The number of hydrogen-bond donors (Lipinski definition) is 0. The Morgan fingerprint density at radius 1 is 1.18 bits per heavy atom. The SMILES string of the molecule is C=CC(=O)N1CCN(c2nc(=O)n(-c3c(C)cc4c(ncn4C)c3C(C)C)c3nc(-c4ccccc4F)c(Cl)cc23)[C@@H](C)C1. The van der Waals surface area contributed by atoms with Gasteiger partial charge in [-0.15, -0.1) is 0 Å². The van der Waals surface area contributed by atoms with Gasteiger partial charge in [0.25, 0.3) is 0 Å². The average Bonchev–Trinajstić information content (AvgIpc) is 3.35. The lowest BCUT2D eigenvalue weighted by Gasteiger charge is -2.40. The van der Waals surface area contributed by atoms with E-state index in [1.807, 2.05) is 36.4 Å². The van der Waals surface area contributed by atoms with Gasteiger partial charge in [-0.1, -0.05) is 44.2 Å². The number of fused-ring (bicyclic) bond motifs is 2. The number of nitrogens with zero attached hydrogens (tertiary/aromatic N) is 7. The molecule has 0 unspecified atom stereocenters. The van der Waals surface area contributed by atoms with Crippen molar-refractivity contribution in [2.75, 3.05) is 24.5 Å². The van der Waals surface area contributed by atoms with Crippen LogP contribution in [0.5, 0.6) is 0 Å². The Kier molecular flexibility index (Phi) is 7.49. The Hall–Kier alpha value is -4.57. The maximum atomic E-state index is 15.1. The summed E-state index contributed by atoms with van der Waals surface area (Å²) in [6, 6.07) is 9.83. The molecule has 6 rings (SSSR count). The van der Waals surface area contributed by atoms with Crippen LogP contribution in [0.25, 0.3) is 39.0 Å². The van der Waals surface area contributed by atoms with Crippen molar-refractivity contribution in [1.29, 1.82) is 0 Å². The van der Waals surface area contributed by atoms with E-state index in [-0.39, 0.29) is 34.1 Å².